The second kappa shape index (κ2) is 10.1. The molecule has 2 aliphatic rings. The number of rotatable bonds is 6. The summed E-state index contributed by atoms with van der Waals surface area (Å²) in [6, 6.07) is 9.10. The van der Waals surface area contributed by atoms with Crippen molar-refractivity contribution >= 4 is 11.8 Å². The number of likely N-dealkylation sites (tertiary alicyclic amines) is 1. The van der Waals surface area contributed by atoms with Crippen molar-refractivity contribution in [2.75, 3.05) is 19.6 Å². The Morgan fingerprint density at radius 2 is 1.94 bits per heavy atom. The molecule has 3 N–H and O–H groups in total. The van der Waals surface area contributed by atoms with Crippen molar-refractivity contribution in [3.63, 3.8) is 0 Å². The summed E-state index contributed by atoms with van der Waals surface area (Å²) in [5.41, 5.74) is 4.70. The fourth-order valence-electron chi connectivity index (χ4n) is 4.48. The van der Waals surface area contributed by atoms with Gasteiger partial charge in [0.25, 0.3) is 11.8 Å². The van der Waals surface area contributed by atoms with E-state index in [1.807, 2.05) is 12.1 Å². The van der Waals surface area contributed by atoms with Crippen LogP contribution in [0.15, 0.2) is 36.5 Å². The Labute approximate surface area is 187 Å². The zero-order valence-corrected chi connectivity index (χ0v) is 18.3. The maximum atomic E-state index is 12.7. The quantitative estimate of drug-likeness (QED) is 0.473. The van der Waals surface area contributed by atoms with Crippen molar-refractivity contribution < 1.29 is 19.5 Å². The van der Waals surface area contributed by atoms with E-state index in [-0.39, 0.29) is 18.1 Å². The first-order valence-corrected chi connectivity index (χ1v) is 11.3. The average molecular weight is 439 g/mol. The highest BCUT2D eigenvalue weighted by atomic mass is 16.5. The number of nitrogens with zero attached hydrogens (tertiary/aromatic N) is 2. The molecule has 4 rings (SSSR count). The number of amides is 2. The molecule has 32 heavy (non-hydrogen) atoms. The Balaban J connectivity index is 1.35. The third kappa shape index (κ3) is 5.26. The number of ether oxygens (including phenoxy) is 1. The highest BCUT2D eigenvalue weighted by molar-refractivity contribution is 5.93. The molecule has 1 saturated heterocycles. The second-order valence-electron chi connectivity index (χ2n) is 8.47. The molecule has 0 radical (unpaired) electrons. The molecule has 0 spiro atoms. The number of hydroxylamine groups is 1. The van der Waals surface area contributed by atoms with Gasteiger partial charge in [0.05, 0.1) is 0 Å². The summed E-state index contributed by atoms with van der Waals surface area (Å²) in [6.45, 7) is 5.22. The fourth-order valence-corrected chi connectivity index (χ4v) is 4.48. The minimum atomic E-state index is -0.510. The number of carbonyl (C=O) groups is 2. The summed E-state index contributed by atoms with van der Waals surface area (Å²) in [6.07, 6.45) is 5.81. The standard InChI is InChI=1S/C24H30N4O4/c1-2-28-11-8-19(9-12-28)26-24(30)22-15-21(7-10-25-22)32-20-6-5-16-13-18(23(29)27-31)4-3-17(16)14-20/h3-4,7,10,13,15,19-20,31H,2,5-6,8-9,11-12,14H2,1H3,(H,26,30)(H,27,29). The lowest BCUT2D eigenvalue weighted by molar-refractivity contribution is 0.0706. The van der Waals surface area contributed by atoms with Crippen LogP contribution in [-0.2, 0) is 12.8 Å². The topological polar surface area (TPSA) is 104 Å². The number of pyridine rings is 1. The molecule has 1 aromatic carbocycles. The lowest BCUT2D eigenvalue weighted by atomic mass is 9.88. The Morgan fingerprint density at radius 3 is 2.69 bits per heavy atom. The monoisotopic (exact) mass is 438 g/mol. The molecule has 0 bridgehead atoms. The zero-order valence-electron chi connectivity index (χ0n) is 18.3. The van der Waals surface area contributed by atoms with Crippen molar-refractivity contribution in [1.82, 2.24) is 20.7 Å². The molecular weight excluding hydrogens is 408 g/mol. The van der Waals surface area contributed by atoms with Gasteiger partial charge in [-0.1, -0.05) is 13.0 Å². The summed E-state index contributed by atoms with van der Waals surface area (Å²) in [7, 11) is 0. The molecule has 1 aliphatic carbocycles. The van der Waals surface area contributed by atoms with Gasteiger partial charge in [0.1, 0.15) is 17.5 Å². The Morgan fingerprint density at radius 1 is 1.12 bits per heavy atom. The summed E-state index contributed by atoms with van der Waals surface area (Å²) in [4.78, 5) is 30.9. The van der Waals surface area contributed by atoms with Crippen molar-refractivity contribution in [3.05, 3.63) is 58.9 Å². The highest BCUT2D eigenvalue weighted by Crippen LogP contribution is 2.26. The normalized spacial score (nSPS) is 19.1. The van der Waals surface area contributed by atoms with Gasteiger partial charge < -0.3 is 15.0 Å². The lowest BCUT2D eigenvalue weighted by Gasteiger charge is -2.31. The number of aromatic nitrogens is 1. The van der Waals surface area contributed by atoms with Crippen LogP contribution in [0.5, 0.6) is 5.75 Å². The maximum absolute atomic E-state index is 12.7. The van der Waals surface area contributed by atoms with Gasteiger partial charge in [0.15, 0.2) is 0 Å². The third-order valence-corrected chi connectivity index (χ3v) is 6.39. The van der Waals surface area contributed by atoms with Gasteiger partial charge in [-0.25, -0.2) is 5.48 Å². The Bertz CT molecular complexity index is 972. The van der Waals surface area contributed by atoms with E-state index in [1.54, 1.807) is 29.9 Å². The van der Waals surface area contributed by atoms with Crippen LogP contribution < -0.4 is 15.5 Å². The minimum absolute atomic E-state index is 0.0169. The predicted octanol–water partition coefficient (Wildman–Crippen LogP) is 2.35. The van der Waals surface area contributed by atoms with Crippen LogP contribution >= 0.6 is 0 Å². The highest BCUT2D eigenvalue weighted by Gasteiger charge is 2.23. The van der Waals surface area contributed by atoms with E-state index in [1.165, 1.54) is 0 Å². The van der Waals surface area contributed by atoms with Crippen LogP contribution in [-0.4, -0.2) is 58.7 Å². The van der Waals surface area contributed by atoms with Crippen molar-refractivity contribution in [3.8, 4) is 5.75 Å². The van der Waals surface area contributed by atoms with Crippen LogP contribution in [0, 0.1) is 0 Å². The molecule has 0 saturated carbocycles. The first-order valence-electron chi connectivity index (χ1n) is 11.3. The molecule has 170 valence electrons. The molecule has 8 nitrogen and oxygen atoms in total. The van der Waals surface area contributed by atoms with Crippen molar-refractivity contribution in [2.45, 2.75) is 51.2 Å². The maximum Gasteiger partial charge on any atom is 0.274 e. The number of hydrogen-bond donors (Lipinski definition) is 3. The number of piperidine rings is 1. The van der Waals surface area contributed by atoms with E-state index < -0.39 is 5.91 Å². The predicted molar refractivity (Wildman–Crippen MR) is 119 cm³/mol. The number of carbonyl (C=O) groups excluding carboxylic acids is 2. The number of benzene rings is 1. The molecule has 1 fully saturated rings. The molecule has 2 heterocycles. The first-order chi connectivity index (χ1) is 15.6. The Hall–Kier alpha value is -2.97. The molecule has 1 atom stereocenters. The number of aryl methyl sites for hydroxylation is 1. The van der Waals surface area contributed by atoms with Crippen LogP contribution in [0.2, 0.25) is 0 Å². The van der Waals surface area contributed by atoms with Crippen LogP contribution in [0.3, 0.4) is 0 Å². The van der Waals surface area contributed by atoms with E-state index in [9.17, 15) is 9.59 Å². The van der Waals surface area contributed by atoms with Crippen LogP contribution in [0.4, 0.5) is 0 Å². The van der Waals surface area contributed by atoms with E-state index in [0.717, 1.165) is 62.9 Å². The fraction of sp³-hybridized carbons (Fsp3) is 0.458. The molecule has 8 heteroatoms. The molecule has 1 aromatic heterocycles. The second-order valence-corrected chi connectivity index (χ2v) is 8.47. The van der Waals surface area contributed by atoms with Gasteiger partial charge in [-0.05, 0) is 61.6 Å². The van der Waals surface area contributed by atoms with Crippen molar-refractivity contribution in [2.24, 2.45) is 0 Å². The SMILES string of the molecule is CCN1CCC(NC(=O)c2cc(OC3CCc4cc(C(=O)NO)ccc4C3)ccn2)CC1. The molecular formula is C24H30N4O4. The van der Waals surface area contributed by atoms with Gasteiger partial charge >= 0.3 is 0 Å². The summed E-state index contributed by atoms with van der Waals surface area (Å²) >= 11 is 0. The van der Waals surface area contributed by atoms with E-state index in [0.29, 0.717) is 17.0 Å². The third-order valence-electron chi connectivity index (χ3n) is 6.39. The largest absolute Gasteiger partial charge is 0.490 e. The van der Waals surface area contributed by atoms with E-state index >= 15 is 0 Å². The lowest BCUT2D eigenvalue weighted by Crippen LogP contribution is -2.44. The smallest absolute Gasteiger partial charge is 0.274 e. The van der Waals surface area contributed by atoms with Gasteiger partial charge in [-0.3, -0.25) is 19.8 Å². The van der Waals surface area contributed by atoms with Crippen LogP contribution in [0.1, 0.15) is 58.2 Å². The van der Waals surface area contributed by atoms with E-state index in [2.05, 4.69) is 22.1 Å². The average Bonchev–Trinajstić information content (AvgIpc) is 2.83. The summed E-state index contributed by atoms with van der Waals surface area (Å²) in [5, 5.41) is 11.9. The van der Waals surface area contributed by atoms with Crippen molar-refractivity contribution in [1.29, 1.82) is 0 Å². The Kier molecular flexibility index (Phi) is 7.02. The molecule has 1 unspecified atom stereocenters. The molecule has 2 aromatic rings. The van der Waals surface area contributed by atoms with E-state index in [4.69, 9.17) is 9.94 Å². The number of nitrogens with one attached hydrogen (secondary N) is 2. The van der Waals surface area contributed by atoms with Gasteiger partial charge in [-0.15, -0.1) is 0 Å². The zero-order chi connectivity index (χ0) is 22.5. The minimum Gasteiger partial charge on any atom is -0.490 e. The van der Waals surface area contributed by atoms with Gasteiger partial charge in [-0.2, -0.15) is 0 Å². The van der Waals surface area contributed by atoms with Crippen LogP contribution in [0.25, 0.3) is 0 Å². The number of fused-ring (bicyclic) bond motifs is 1. The summed E-state index contributed by atoms with van der Waals surface area (Å²) in [5.74, 6) is -0.0329. The summed E-state index contributed by atoms with van der Waals surface area (Å²) < 4.78 is 6.17. The van der Waals surface area contributed by atoms with Gasteiger partial charge in [0.2, 0.25) is 0 Å². The number of hydrogen-bond acceptors (Lipinski definition) is 6. The van der Waals surface area contributed by atoms with Gasteiger partial charge in [0, 0.05) is 43.4 Å². The molecule has 2 amide bonds. The molecule has 1 aliphatic heterocycles. The first kappa shape index (κ1) is 22.2.